The first-order chi connectivity index (χ1) is 4.39. The van der Waals surface area contributed by atoms with Crippen LogP contribution in [-0.2, 0) is 0 Å². The van der Waals surface area contributed by atoms with Crippen LogP contribution in [0.5, 0.6) is 0 Å². The molecule has 0 atom stereocenters. The van der Waals surface area contributed by atoms with Gasteiger partial charge in [0, 0.05) is 0 Å². The molecule has 0 bridgehead atoms. The summed E-state index contributed by atoms with van der Waals surface area (Å²) in [6, 6.07) is 0. The van der Waals surface area contributed by atoms with Crippen molar-refractivity contribution in [1.82, 2.24) is 0 Å². The predicted octanol–water partition coefficient (Wildman–Crippen LogP) is 3.06. The van der Waals surface area contributed by atoms with E-state index in [-0.39, 0.29) is 0 Å². The van der Waals surface area contributed by atoms with Crippen molar-refractivity contribution in [2.24, 2.45) is 0 Å². The minimum atomic E-state index is 1.20. The van der Waals surface area contributed by atoms with Gasteiger partial charge in [-0.15, -0.1) is 0 Å². The van der Waals surface area contributed by atoms with Gasteiger partial charge in [0.15, 0.2) is 0 Å². The van der Waals surface area contributed by atoms with Gasteiger partial charge < -0.3 is 0 Å². The van der Waals surface area contributed by atoms with E-state index in [1.54, 1.807) is 0 Å². The lowest BCUT2D eigenvalue weighted by molar-refractivity contribution is 0.768. The fourth-order valence-corrected chi connectivity index (χ4v) is 1.12. The standard InChI is InChI=1S/C9H14/c1-9-7-5-3-2-4-6-8-9/h2-3H,1,4-8H2. The van der Waals surface area contributed by atoms with Crippen molar-refractivity contribution in [1.29, 1.82) is 0 Å². The highest BCUT2D eigenvalue weighted by molar-refractivity contribution is 4.99. The molecule has 0 saturated heterocycles. The Morgan fingerprint density at radius 3 is 2.78 bits per heavy atom. The molecule has 50 valence electrons. The van der Waals surface area contributed by atoms with Gasteiger partial charge in [-0.3, -0.25) is 0 Å². The van der Waals surface area contributed by atoms with Gasteiger partial charge in [-0.1, -0.05) is 24.3 Å². The maximum atomic E-state index is 3.98. The Balaban J connectivity index is 2.35. The van der Waals surface area contributed by atoms with Crippen LogP contribution in [0, 0.1) is 0 Å². The molecule has 0 saturated carbocycles. The van der Waals surface area contributed by atoms with Crippen molar-refractivity contribution in [3.05, 3.63) is 24.3 Å². The van der Waals surface area contributed by atoms with E-state index in [2.05, 4.69) is 18.7 Å². The van der Waals surface area contributed by atoms with Crippen molar-refractivity contribution in [3.8, 4) is 0 Å². The van der Waals surface area contributed by atoms with E-state index in [1.165, 1.54) is 37.7 Å². The summed E-state index contributed by atoms with van der Waals surface area (Å²) < 4.78 is 0. The summed E-state index contributed by atoms with van der Waals surface area (Å²) in [6.45, 7) is 3.98. The third-order valence-electron chi connectivity index (χ3n) is 1.73. The molecule has 9 heavy (non-hydrogen) atoms. The average molecular weight is 122 g/mol. The van der Waals surface area contributed by atoms with Crippen molar-refractivity contribution < 1.29 is 0 Å². The van der Waals surface area contributed by atoms with E-state index in [1.807, 2.05) is 0 Å². The van der Waals surface area contributed by atoms with E-state index in [4.69, 9.17) is 0 Å². The maximum Gasteiger partial charge on any atom is -0.0288 e. The summed E-state index contributed by atoms with van der Waals surface area (Å²) in [6.07, 6.45) is 10.8. The first-order valence-corrected chi connectivity index (χ1v) is 3.71. The van der Waals surface area contributed by atoms with Gasteiger partial charge in [0.2, 0.25) is 0 Å². The summed E-state index contributed by atoms with van der Waals surface area (Å²) in [5.74, 6) is 0. The fourth-order valence-electron chi connectivity index (χ4n) is 1.12. The number of rotatable bonds is 0. The number of hydrogen-bond acceptors (Lipinski definition) is 0. The molecule has 0 aromatic rings. The summed E-state index contributed by atoms with van der Waals surface area (Å²) in [4.78, 5) is 0. The van der Waals surface area contributed by atoms with Gasteiger partial charge in [0.25, 0.3) is 0 Å². The van der Waals surface area contributed by atoms with E-state index >= 15 is 0 Å². The molecular formula is C9H14. The fraction of sp³-hybridized carbons (Fsp3) is 0.556. The normalized spacial score (nSPS) is 21.1. The van der Waals surface area contributed by atoms with Gasteiger partial charge in [0.05, 0.1) is 0 Å². The monoisotopic (exact) mass is 122 g/mol. The Kier molecular flexibility index (Phi) is 2.56. The van der Waals surface area contributed by atoms with Crippen LogP contribution in [0.1, 0.15) is 32.1 Å². The van der Waals surface area contributed by atoms with Crippen molar-refractivity contribution in [2.75, 3.05) is 0 Å². The highest BCUT2D eigenvalue weighted by atomic mass is 14.0. The number of hydrogen-bond donors (Lipinski definition) is 0. The van der Waals surface area contributed by atoms with E-state index in [9.17, 15) is 0 Å². The topological polar surface area (TPSA) is 0 Å². The second-order valence-electron chi connectivity index (χ2n) is 2.65. The first-order valence-electron chi connectivity index (χ1n) is 3.71. The van der Waals surface area contributed by atoms with E-state index < -0.39 is 0 Å². The zero-order chi connectivity index (χ0) is 6.53. The second-order valence-corrected chi connectivity index (χ2v) is 2.65. The van der Waals surface area contributed by atoms with Crippen molar-refractivity contribution >= 4 is 0 Å². The molecule has 0 aromatic carbocycles. The Labute approximate surface area is 57.3 Å². The summed E-state index contributed by atoms with van der Waals surface area (Å²) in [7, 11) is 0. The van der Waals surface area contributed by atoms with Crippen LogP contribution >= 0.6 is 0 Å². The number of allylic oxidation sites excluding steroid dienone is 3. The Bertz CT molecular complexity index is 120. The van der Waals surface area contributed by atoms with Crippen LogP contribution in [0.15, 0.2) is 24.3 Å². The molecule has 0 unspecified atom stereocenters. The Morgan fingerprint density at radius 2 is 1.89 bits per heavy atom. The van der Waals surface area contributed by atoms with Gasteiger partial charge >= 0.3 is 0 Å². The van der Waals surface area contributed by atoms with Crippen LogP contribution in [0.4, 0.5) is 0 Å². The predicted molar refractivity (Wildman–Crippen MR) is 41.4 cm³/mol. The Hall–Kier alpha value is -0.520. The van der Waals surface area contributed by atoms with E-state index in [0.29, 0.717) is 0 Å². The van der Waals surface area contributed by atoms with E-state index in [0.717, 1.165) is 0 Å². The molecular weight excluding hydrogens is 108 g/mol. The molecule has 0 fully saturated rings. The van der Waals surface area contributed by atoms with Crippen molar-refractivity contribution in [3.63, 3.8) is 0 Å². The van der Waals surface area contributed by atoms with Gasteiger partial charge in [-0.2, -0.15) is 0 Å². The SMILES string of the molecule is C=C1CCC=CCCC1. The molecule has 1 aliphatic rings. The average Bonchev–Trinajstić information content (AvgIpc) is 1.79. The molecule has 1 aliphatic carbocycles. The quantitative estimate of drug-likeness (QED) is 0.433. The van der Waals surface area contributed by atoms with Gasteiger partial charge in [-0.25, -0.2) is 0 Å². The smallest absolute Gasteiger partial charge is 0.0288 e. The summed E-state index contributed by atoms with van der Waals surface area (Å²) in [5, 5.41) is 0. The largest absolute Gasteiger partial charge is 0.0999 e. The molecule has 1 rings (SSSR count). The molecule has 0 nitrogen and oxygen atoms in total. The molecule has 0 amide bonds. The molecule has 0 N–H and O–H groups in total. The van der Waals surface area contributed by atoms with Crippen LogP contribution in [-0.4, -0.2) is 0 Å². The second kappa shape index (κ2) is 3.49. The Morgan fingerprint density at radius 1 is 1.11 bits per heavy atom. The third kappa shape index (κ3) is 2.50. The minimum Gasteiger partial charge on any atom is -0.0999 e. The van der Waals surface area contributed by atoms with Gasteiger partial charge in [0.1, 0.15) is 0 Å². The first kappa shape index (κ1) is 6.60. The van der Waals surface area contributed by atoms with Gasteiger partial charge in [-0.05, 0) is 32.1 Å². The zero-order valence-electron chi connectivity index (χ0n) is 5.90. The molecule has 0 heterocycles. The van der Waals surface area contributed by atoms with Crippen LogP contribution in [0.25, 0.3) is 0 Å². The molecule has 0 radical (unpaired) electrons. The lowest BCUT2D eigenvalue weighted by atomic mass is 10.0. The minimum absolute atomic E-state index is 1.20. The van der Waals surface area contributed by atoms with Crippen molar-refractivity contribution in [2.45, 2.75) is 32.1 Å². The summed E-state index contributed by atoms with van der Waals surface area (Å²) in [5.41, 5.74) is 1.43. The third-order valence-corrected chi connectivity index (χ3v) is 1.73. The molecule has 0 aromatic heterocycles. The lowest BCUT2D eigenvalue weighted by Gasteiger charge is -2.04. The highest BCUT2D eigenvalue weighted by Gasteiger charge is 1.94. The molecule has 0 spiro atoms. The highest BCUT2D eigenvalue weighted by Crippen LogP contribution is 2.14. The zero-order valence-corrected chi connectivity index (χ0v) is 5.90. The summed E-state index contributed by atoms with van der Waals surface area (Å²) >= 11 is 0. The van der Waals surface area contributed by atoms with Crippen LogP contribution < -0.4 is 0 Å². The van der Waals surface area contributed by atoms with Crippen LogP contribution in [0.2, 0.25) is 0 Å². The lowest BCUT2D eigenvalue weighted by Crippen LogP contribution is -1.84. The molecule has 0 heteroatoms. The molecule has 0 aliphatic heterocycles. The van der Waals surface area contributed by atoms with Crippen LogP contribution in [0.3, 0.4) is 0 Å². The maximum absolute atomic E-state index is 3.98.